The zero-order valence-corrected chi connectivity index (χ0v) is 12.7. The number of hydrogen-bond acceptors (Lipinski definition) is 5. The predicted octanol–water partition coefficient (Wildman–Crippen LogP) is 2.09. The van der Waals surface area contributed by atoms with Crippen LogP contribution in [0.3, 0.4) is 0 Å². The van der Waals surface area contributed by atoms with E-state index in [1.807, 2.05) is 25.1 Å². The third-order valence-electron chi connectivity index (χ3n) is 2.91. The Hall–Kier alpha value is -2.54. The highest BCUT2D eigenvalue weighted by molar-refractivity contribution is 5.92. The first-order valence-corrected chi connectivity index (χ1v) is 7.00. The van der Waals surface area contributed by atoms with E-state index in [1.54, 1.807) is 13.0 Å². The van der Waals surface area contributed by atoms with Crippen molar-refractivity contribution in [2.75, 3.05) is 11.9 Å². The number of pyridine rings is 1. The van der Waals surface area contributed by atoms with E-state index >= 15 is 0 Å². The summed E-state index contributed by atoms with van der Waals surface area (Å²) in [5.74, 6) is 0.397. The van der Waals surface area contributed by atoms with Crippen molar-refractivity contribution in [3.05, 3.63) is 36.5 Å². The zero-order valence-electron chi connectivity index (χ0n) is 12.7. The molecule has 7 heteroatoms. The molecule has 0 aliphatic rings. The maximum Gasteiger partial charge on any atom is 0.255 e. The van der Waals surface area contributed by atoms with E-state index in [4.69, 9.17) is 4.74 Å². The van der Waals surface area contributed by atoms with Crippen LogP contribution >= 0.6 is 0 Å². The number of aromatic nitrogens is 4. The minimum Gasteiger partial charge on any atom is -0.368 e. The number of nitrogens with one attached hydrogen (secondary N) is 2. The number of carbonyl (C=O) groups excluding carboxylic acids is 1. The lowest BCUT2D eigenvalue weighted by Crippen LogP contribution is -2.28. The van der Waals surface area contributed by atoms with Crippen molar-refractivity contribution in [1.82, 2.24) is 20.2 Å². The number of anilines is 1. The van der Waals surface area contributed by atoms with E-state index in [2.05, 4.69) is 32.1 Å². The van der Waals surface area contributed by atoms with Gasteiger partial charge in [-0.2, -0.15) is 4.98 Å². The van der Waals surface area contributed by atoms with Gasteiger partial charge in [-0.05, 0) is 32.4 Å². The molecule has 0 saturated carbocycles. The molecule has 1 amide bonds. The fourth-order valence-corrected chi connectivity index (χ4v) is 1.72. The van der Waals surface area contributed by atoms with Gasteiger partial charge < -0.3 is 4.74 Å². The van der Waals surface area contributed by atoms with Crippen LogP contribution in [-0.2, 0) is 9.53 Å². The van der Waals surface area contributed by atoms with Gasteiger partial charge in [-0.1, -0.05) is 12.1 Å². The largest absolute Gasteiger partial charge is 0.368 e. The number of carbonyl (C=O) groups is 1. The van der Waals surface area contributed by atoms with Crippen LogP contribution in [0.1, 0.15) is 19.0 Å². The molecule has 22 heavy (non-hydrogen) atoms. The van der Waals surface area contributed by atoms with Crippen LogP contribution < -0.4 is 5.32 Å². The van der Waals surface area contributed by atoms with Gasteiger partial charge in [0.2, 0.25) is 5.95 Å². The molecule has 1 unspecified atom stereocenters. The smallest absolute Gasteiger partial charge is 0.255 e. The van der Waals surface area contributed by atoms with Gasteiger partial charge in [0, 0.05) is 5.69 Å². The molecule has 2 aromatic rings. The van der Waals surface area contributed by atoms with E-state index in [0.29, 0.717) is 24.5 Å². The van der Waals surface area contributed by atoms with Crippen LogP contribution in [0.2, 0.25) is 0 Å². The van der Waals surface area contributed by atoms with Crippen molar-refractivity contribution < 1.29 is 9.53 Å². The molecule has 0 aliphatic heterocycles. The molecule has 0 spiro atoms. The van der Waals surface area contributed by atoms with Gasteiger partial charge in [0.1, 0.15) is 11.8 Å². The lowest BCUT2D eigenvalue weighted by Gasteiger charge is -2.10. The highest BCUT2D eigenvalue weighted by Gasteiger charge is 2.16. The maximum absolute atomic E-state index is 11.9. The summed E-state index contributed by atoms with van der Waals surface area (Å²) >= 11 is 0. The van der Waals surface area contributed by atoms with Gasteiger partial charge in [-0.3, -0.25) is 15.2 Å². The third kappa shape index (κ3) is 4.23. The van der Waals surface area contributed by atoms with Crippen LogP contribution in [-0.4, -0.2) is 38.8 Å². The highest BCUT2D eigenvalue weighted by Crippen LogP contribution is 2.13. The minimum absolute atomic E-state index is 0.197. The Morgan fingerprint density at radius 1 is 1.50 bits per heavy atom. The first kappa shape index (κ1) is 15.8. The van der Waals surface area contributed by atoms with Gasteiger partial charge in [0.05, 0.1) is 6.61 Å². The molecule has 2 N–H and O–H groups in total. The van der Waals surface area contributed by atoms with E-state index in [9.17, 15) is 4.79 Å². The van der Waals surface area contributed by atoms with Gasteiger partial charge in [0.25, 0.3) is 5.91 Å². The van der Waals surface area contributed by atoms with Crippen molar-refractivity contribution in [2.45, 2.75) is 26.4 Å². The number of amides is 1. The van der Waals surface area contributed by atoms with Crippen molar-refractivity contribution >= 4 is 11.9 Å². The maximum atomic E-state index is 11.9. The summed E-state index contributed by atoms with van der Waals surface area (Å²) < 4.78 is 5.36. The van der Waals surface area contributed by atoms with Crippen LogP contribution in [0.4, 0.5) is 5.95 Å². The quantitative estimate of drug-likeness (QED) is 0.603. The van der Waals surface area contributed by atoms with E-state index in [1.165, 1.54) is 0 Å². The van der Waals surface area contributed by atoms with Crippen molar-refractivity contribution in [3.8, 4) is 11.5 Å². The number of aryl methyl sites for hydroxylation is 1. The summed E-state index contributed by atoms with van der Waals surface area (Å²) in [6.07, 6.45) is 1.85. The van der Waals surface area contributed by atoms with Crippen molar-refractivity contribution in [3.63, 3.8) is 0 Å². The lowest BCUT2D eigenvalue weighted by atomic mass is 10.3. The molecular formula is C15H19N5O2. The Bertz CT molecular complexity index is 653. The molecule has 0 fully saturated rings. The average Bonchev–Trinajstić information content (AvgIpc) is 2.96. The Morgan fingerprint density at radius 2 is 2.32 bits per heavy atom. The zero-order chi connectivity index (χ0) is 15.9. The minimum atomic E-state index is -0.584. The Labute approximate surface area is 128 Å². The molecule has 7 nitrogen and oxygen atoms in total. The Balaban J connectivity index is 1.97. The number of hydrogen-bond donors (Lipinski definition) is 2. The lowest BCUT2D eigenvalue weighted by molar-refractivity contribution is -0.126. The summed E-state index contributed by atoms with van der Waals surface area (Å²) in [5, 5.41) is 9.32. The molecule has 116 valence electrons. The molecule has 2 aromatic heterocycles. The highest BCUT2D eigenvalue weighted by atomic mass is 16.5. The fourth-order valence-electron chi connectivity index (χ4n) is 1.72. The van der Waals surface area contributed by atoms with Crippen LogP contribution in [0, 0.1) is 6.92 Å². The van der Waals surface area contributed by atoms with Crippen LogP contribution in [0.15, 0.2) is 30.9 Å². The summed E-state index contributed by atoms with van der Waals surface area (Å²) in [6.45, 7) is 7.61. The summed E-state index contributed by atoms with van der Waals surface area (Å²) in [7, 11) is 0. The Kier molecular flexibility index (Phi) is 5.37. The molecule has 0 saturated heterocycles. The molecule has 2 rings (SSSR count). The normalized spacial score (nSPS) is 11.9. The molecule has 1 atom stereocenters. The second-order valence-corrected chi connectivity index (χ2v) is 4.75. The summed E-state index contributed by atoms with van der Waals surface area (Å²) in [5.41, 5.74) is 1.55. The second-order valence-electron chi connectivity index (χ2n) is 4.75. The third-order valence-corrected chi connectivity index (χ3v) is 2.91. The molecule has 0 bridgehead atoms. The molecule has 0 aliphatic carbocycles. The number of H-pyrrole nitrogens is 1. The van der Waals surface area contributed by atoms with E-state index < -0.39 is 6.10 Å². The SMILES string of the molecule is C=CCCOC(C)C(=O)Nc1n[nH]c(-c2cccc(C)n2)n1. The molecule has 0 aromatic carbocycles. The van der Waals surface area contributed by atoms with Gasteiger partial charge in [-0.25, -0.2) is 4.98 Å². The van der Waals surface area contributed by atoms with Crippen LogP contribution in [0.5, 0.6) is 0 Å². The first-order valence-electron chi connectivity index (χ1n) is 7.00. The van der Waals surface area contributed by atoms with Gasteiger partial charge >= 0.3 is 0 Å². The number of aromatic amines is 1. The Morgan fingerprint density at radius 3 is 3.05 bits per heavy atom. The fraction of sp³-hybridized carbons (Fsp3) is 0.333. The molecule has 0 radical (unpaired) electrons. The van der Waals surface area contributed by atoms with Gasteiger partial charge in [-0.15, -0.1) is 11.7 Å². The van der Waals surface area contributed by atoms with Crippen molar-refractivity contribution in [1.29, 1.82) is 0 Å². The number of rotatable bonds is 7. The summed E-state index contributed by atoms with van der Waals surface area (Å²) in [4.78, 5) is 20.5. The standard InChI is InChI=1S/C15H19N5O2/c1-4-5-9-22-11(3)14(21)18-15-17-13(19-20-15)12-8-6-7-10(2)16-12/h4,6-8,11H,1,5,9H2,2-3H3,(H2,17,18,19,20,21). The van der Waals surface area contributed by atoms with Crippen LogP contribution in [0.25, 0.3) is 11.5 Å². The molecule has 2 heterocycles. The van der Waals surface area contributed by atoms with E-state index in [0.717, 1.165) is 5.69 Å². The number of ether oxygens (including phenoxy) is 1. The topological polar surface area (TPSA) is 92.8 Å². The second kappa shape index (κ2) is 7.46. The summed E-state index contributed by atoms with van der Waals surface area (Å²) in [6, 6.07) is 5.60. The van der Waals surface area contributed by atoms with Crippen molar-refractivity contribution in [2.24, 2.45) is 0 Å². The van der Waals surface area contributed by atoms with Gasteiger partial charge in [0.15, 0.2) is 5.82 Å². The average molecular weight is 301 g/mol. The molecular weight excluding hydrogens is 282 g/mol. The first-order chi connectivity index (χ1) is 10.6. The predicted molar refractivity (Wildman–Crippen MR) is 83.2 cm³/mol. The monoisotopic (exact) mass is 301 g/mol. The number of nitrogens with zero attached hydrogens (tertiary/aromatic N) is 3. The van der Waals surface area contributed by atoms with E-state index in [-0.39, 0.29) is 11.9 Å².